The van der Waals surface area contributed by atoms with Gasteiger partial charge < -0.3 is 9.42 Å². The third-order valence-corrected chi connectivity index (χ3v) is 6.78. The zero-order valence-electron chi connectivity index (χ0n) is 13.6. The van der Waals surface area contributed by atoms with Crippen LogP contribution in [0.25, 0.3) is 0 Å². The van der Waals surface area contributed by atoms with Crippen molar-refractivity contribution in [2.45, 2.75) is 50.8 Å². The summed E-state index contributed by atoms with van der Waals surface area (Å²) in [5, 5.41) is 3.57. The molecule has 2 fully saturated rings. The lowest BCUT2D eigenvalue weighted by atomic mass is 10.0. The normalized spacial score (nSPS) is 23.5. The van der Waals surface area contributed by atoms with Crippen LogP contribution in [0.4, 0.5) is 0 Å². The van der Waals surface area contributed by atoms with Crippen molar-refractivity contribution < 1.29 is 17.7 Å². The Morgan fingerprint density at radius 1 is 1.35 bits per heavy atom. The van der Waals surface area contributed by atoms with Gasteiger partial charge in [0.2, 0.25) is 21.8 Å². The summed E-state index contributed by atoms with van der Waals surface area (Å²) in [6.07, 6.45) is 1.74. The first-order chi connectivity index (χ1) is 10.8. The number of carbonyl (C=O) groups excluding carboxylic acids is 1. The zero-order chi connectivity index (χ0) is 16.8. The minimum absolute atomic E-state index is 0.00472. The summed E-state index contributed by atoms with van der Waals surface area (Å²) in [6, 6.07) is -0.149. The van der Waals surface area contributed by atoms with Gasteiger partial charge in [-0.05, 0) is 26.7 Å². The number of hydrogen-bond acceptors (Lipinski definition) is 6. The van der Waals surface area contributed by atoms with Gasteiger partial charge in [-0.15, -0.1) is 0 Å². The molecule has 1 amide bonds. The summed E-state index contributed by atoms with van der Waals surface area (Å²) in [7, 11) is -3.22. The molecule has 128 valence electrons. The van der Waals surface area contributed by atoms with E-state index in [2.05, 4.69) is 10.1 Å². The maximum Gasteiger partial charge on any atom is 0.249 e. The Bertz CT molecular complexity index is 693. The molecule has 0 saturated carbocycles. The number of nitrogens with zero attached hydrogens (tertiary/aromatic N) is 4. The van der Waals surface area contributed by atoms with Crippen LogP contribution >= 0.6 is 0 Å². The Balaban J connectivity index is 1.67. The third kappa shape index (κ3) is 2.87. The molecule has 1 aromatic heterocycles. The SMILES string of the molecule is CC(=O)N1CCCC1c1nc(C2CN(S(=O)(=O)C(C)C)C2)no1. The van der Waals surface area contributed by atoms with Crippen LogP contribution in [0.15, 0.2) is 4.52 Å². The van der Waals surface area contributed by atoms with Crippen LogP contribution in [0.1, 0.15) is 57.3 Å². The van der Waals surface area contributed by atoms with Crippen LogP contribution in [0, 0.1) is 0 Å². The molecule has 0 radical (unpaired) electrons. The molecule has 0 aromatic carbocycles. The van der Waals surface area contributed by atoms with E-state index in [1.165, 1.54) is 11.2 Å². The summed E-state index contributed by atoms with van der Waals surface area (Å²) >= 11 is 0. The summed E-state index contributed by atoms with van der Waals surface area (Å²) in [6.45, 7) is 6.37. The van der Waals surface area contributed by atoms with Crippen LogP contribution in [0.5, 0.6) is 0 Å². The van der Waals surface area contributed by atoms with Gasteiger partial charge in [0.1, 0.15) is 6.04 Å². The Kier molecular flexibility index (Phi) is 4.18. The van der Waals surface area contributed by atoms with Crippen molar-refractivity contribution in [3.8, 4) is 0 Å². The van der Waals surface area contributed by atoms with Gasteiger partial charge in [0.25, 0.3) is 0 Å². The van der Waals surface area contributed by atoms with E-state index in [-0.39, 0.29) is 17.9 Å². The van der Waals surface area contributed by atoms with Crippen molar-refractivity contribution >= 4 is 15.9 Å². The first kappa shape index (κ1) is 16.4. The zero-order valence-corrected chi connectivity index (χ0v) is 14.4. The van der Waals surface area contributed by atoms with E-state index in [0.717, 1.165) is 12.8 Å². The highest BCUT2D eigenvalue weighted by atomic mass is 32.2. The van der Waals surface area contributed by atoms with Crippen molar-refractivity contribution in [2.75, 3.05) is 19.6 Å². The van der Waals surface area contributed by atoms with Gasteiger partial charge in [-0.2, -0.15) is 4.98 Å². The topological polar surface area (TPSA) is 96.6 Å². The molecule has 0 spiro atoms. The van der Waals surface area contributed by atoms with Gasteiger partial charge in [-0.1, -0.05) is 5.16 Å². The van der Waals surface area contributed by atoms with Crippen LogP contribution in [0.3, 0.4) is 0 Å². The van der Waals surface area contributed by atoms with Crippen LogP contribution in [-0.4, -0.2) is 58.6 Å². The van der Waals surface area contributed by atoms with Crippen LogP contribution in [-0.2, 0) is 14.8 Å². The minimum Gasteiger partial charge on any atom is -0.337 e. The molecule has 2 saturated heterocycles. The number of rotatable bonds is 4. The molecule has 2 aliphatic rings. The average Bonchev–Trinajstić information content (AvgIpc) is 3.03. The second-order valence-corrected chi connectivity index (χ2v) is 8.96. The molecule has 0 aliphatic carbocycles. The fourth-order valence-electron chi connectivity index (χ4n) is 3.06. The third-order valence-electron chi connectivity index (χ3n) is 4.57. The standard InChI is InChI=1S/C14H22N4O4S/c1-9(2)23(20,21)17-7-11(8-17)13-15-14(22-16-13)12-5-4-6-18(12)10(3)19/h9,11-12H,4-8H2,1-3H3. The molecule has 23 heavy (non-hydrogen) atoms. The van der Waals surface area contributed by atoms with Gasteiger partial charge in [-0.3, -0.25) is 4.79 Å². The van der Waals surface area contributed by atoms with E-state index in [1.54, 1.807) is 18.7 Å². The highest BCUT2D eigenvalue weighted by Crippen LogP contribution is 2.33. The molecule has 1 aromatic rings. The number of carbonyl (C=O) groups is 1. The molecule has 1 atom stereocenters. The summed E-state index contributed by atoms with van der Waals surface area (Å²) in [5.74, 6) is 0.960. The predicted molar refractivity (Wildman–Crippen MR) is 82.0 cm³/mol. The van der Waals surface area contributed by atoms with Crippen molar-refractivity contribution in [1.82, 2.24) is 19.3 Å². The smallest absolute Gasteiger partial charge is 0.249 e. The monoisotopic (exact) mass is 342 g/mol. The lowest BCUT2D eigenvalue weighted by molar-refractivity contribution is -0.130. The second kappa shape index (κ2) is 5.86. The largest absolute Gasteiger partial charge is 0.337 e. The molecule has 0 bridgehead atoms. The molecule has 1 unspecified atom stereocenters. The number of aromatic nitrogens is 2. The van der Waals surface area contributed by atoms with E-state index in [9.17, 15) is 13.2 Å². The van der Waals surface area contributed by atoms with E-state index in [4.69, 9.17) is 4.52 Å². The van der Waals surface area contributed by atoms with E-state index < -0.39 is 15.3 Å². The van der Waals surface area contributed by atoms with Crippen LogP contribution < -0.4 is 0 Å². The van der Waals surface area contributed by atoms with Crippen LogP contribution in [0.2, 0.25) is 0 Å². The highest BCUT2D eigenvalue weighted by Gasteiger charge is 2.41. The highest BCUT2D eigenvalue weighted by molar-refractivity contribution is 7.89. The maximum atomic E-state index is 12.0. The van der Waals surface area contributed by atoms with E-state index in [0.29, 0.717) is 31.3 Å². The molecule has 8 nitrogen and oxygen atoms in total. The lowest BCUT2D eigenvalue weighted by Gasteiger charge is -2.37. The average molecular weight is 342 g/mol. The first-order valence-electron chi connectivity index (χ1n) is 7.90. The number of amides is 1. The summed E-state index contributed by atoms with van der Waals surface area (Å²) in [5.41, 5.74) is 0. The fraction of sp³-hybridized carbons (Fsp3) is 0.786. The minimum atomic E-state index is -3.22. The van der Waals surface area contributed by atoms with Gasteiger partial charge in [0.05, 0.1) is 11.2 Å². The molecular formula is C14H22N4O4S. The first-order valence-corrected chi connectivity index (χ1v) is 9.40. The summed E-state index contributed by atoms with van der Waals surface area (Å²) in [4.78, 5) is 17.8. The number of hydrogen-bond donors (Lipinski definition) is 0. The second-order valence-electron chi connectivity index (χ2n) is 6.47. The van der Waals surface area contributed by atoms with Gasteiger partial charge in [0, 0.05) is 26.6 Å². The predicted octanol–water partition coefficient (Wildman–Crippen LogP) is 0.890. The van der Waals surface area contributed by atoms with E-state index in [1.807, 2.05) is 0 Å². The number of sulfonamides is 1. The molecule has 2 aliphatic heterocycles. The molecular weight excluding hydrogens is 320 g/mol. The van der Waals surface area contributed by atoms with E-state index >= 15 is 0 Å². The number of likely N-dealkylation sites (tertiary alicyclic amines) is 1. The van der Waals surface area contributed by atoms with Crippen molar-refractivity contribution in [3.05, 3.63) is 11.7 Å². The molecule has 9 heteroatoms. The fourth-order valence-corrected chi connectivity index (χ4v) is 4.43. The molecule has 3 rings (SSSR count). The Labute approximate surface area is 135 Å². The summed E-state index contributed by atoms with van der Waals surface area (Å²) < 4.78 is 30.9. The quantitative estimate of drug-likeness (QED) is 0.806. The Morgan fingerprint density at radius 2 is 2.04 bits per heavy atom. The Hall–Kier alpha value is -1.48. The lowest BCUT2D eigenvalue weighted by Crippen LogP contribution is -2.51. The van der Waals surface area contributed by atoms with Crippen molar-refractivity contribution in [2.24, 2.45) is 0 Å². The van der Waals surface area contributed by atoms with Gasteiger partial charge in [-0.25, -0.2) is 12.7 Å². The molecule has 0 N–H and O–H groups in total. The van der Waals surface area contributed by atoms with Crippen molar-refractivity contribution in [3.63, 3.8) is 0 Å². The maximum absolute atomic E-state index is 12.0. The van der Waals surface area contributed by atoms with Gasteiger partial charge >= 0.3 is 0 Å². The molecule has 3 heterocycles. The van der Waals surface area contributed by atoms with Crippen molar-refractivity contribution in [1.29, 1.82) is 0 Å². The Morgan fingerprint density at radius 3 is 2.65 bits per heavy atom. The van der Waals surface area contributed by atoms with Gasteiger partial charge in [0.15, 0.2) is 5.82 Å².